The maximum absolute atomic E-state index is 13.4. The molecule has 1 fully saturated rings. The van der Waals surface area contributed by atoms with Gasteiger partial charge < -0.3 is 45.1 Å². The molecule has 1 heterocycles. The first-order chi connectivity index (χ1) is 38.2. The van der Waals surface area contributed by atoms with Crippen molar-refractivity contribution in [1.29, 1.82) is 0 Å². The molecule has 1 amide bonds. The molecule has 78 heavy (non-hydrogen) atoms. The lowest BCUT2D eigenvalue weighted by Crippen LogP contribution is -2.61. The van der Waals surface area contributed by atoms with E-state index in [9.17, 15) is 35.1 Å². The first kappa shape index (κ1) is 72.6. The van der Waals surface area contributed by atoms with E-state index >= 15 is 0 Å². The lowest BCUT2D eigenvalue weighted by molar-refractivity contribution is -0.305. The van der Waals surface area contributed by atoms with Gasteiger partial charge >= 0.3 is 5.97 Å². The zero-order valence-electron chi connectivity index (χ0n) is 49.5. The average Bonchev–Trinajstić information content (AvgIpc) is 3.45. The van der Waals surface area contributed by atoms with Crippen LogP contribution in [-0.2, 0) is 23.8 Å². The molecule has 11 nitrogen and oxygen atoms in total. The average molecular weight is 1090 g/mol. The number of allylic oxidation sites excluding steroid dienone is 15. The van der Waals surface area contributed by atoms with Crippen LogP contribution in [0.5, 0.6) is 0 Å². The molecule has 0 spiro atoms. The van der Waals surface area contributed by atoms with Gasteiger partial charge in [0.05, 0.1) is 25.4 Å². The maximum Gasteiger partial charge on any atom is 0.306 e. The largest absolute Gasteiger partial charge is 0.454 e. The van der Waals surface area contributed by atoms with Crippen molar-refractivity contribution < 1.29 is 49.3 Å². The molecule has 8 atom stereocenters. The fourth-order valence-electron chi connectivity index (χ4n) is 9.32. The van der Waals surface area contributed by atoms with E-state index in [-0.39, 0.29) is 19.4 Å². The number of nitrogens with one attached hydrogen (secondary N) is 1. The van der Waals surface area contributed by atoms with E-state index < -0.39 is 67.4 Å². The number of rotatable bonds is 52. The summed E-state index contributed by atoms with van der Waals surface area (Å²) >= 11 is 0. The number of ether oxygens (including phenoxy) is 3. The molecule has 448 valence electrons. The van der Waals surface area contributed by atoms with Crippen molar-refractivity contribution in [3.63, 3.8) is 0 Å². The number of hydrogen-bond donors (Lipinski definition) is 6. The summed E-state index contributed by atoms with van der Waals surface area (Å²) in [6.07, 6.45) is 61.5. The van der Waals surface area contributed by atoms with Crippen molar-refractivity contribution in [2.75, 3.05) is 13.2 Å². The SMILES string of the molecule is CC/C=C/C=C/C=C/C=C\CCCCCCCC(=O)OC1C(OCC(NC(=O)C(O)CCCCCCCCCCC/C=C\C/C=C\C/C=C\CCCCC)C(O)/C=C/CCCCCCCCCCCC)OC(CO)C(O)C1O. The van der Waals surface area contributed by atoms with Crippen molar-refractivity contribution in [1.82, 2.24) is 5.32 Å². The second-order valence-corrected chi connectivity index (χ2v) is 21.5. The summed E-state index contributed by atoms with van der Waals surface area (Å²) in [5.41, 5.74) is 0. The highest BCUT2D eigenvalue weighted by Gasteiger charge is 2.47. The van der Waals surface area contributed by atoms with E-state index in [2.05, 4.69) is 74.7 Å². The minimum atomic E-state index is -1.63. The Kier molecular flexibility index (Phi) is 50.4. The number of esters is 1. The summed E-state index contributed by atoms with van der Waals surface area (Å²) in [4.78, 5) is 26.5. The monoisotopic (exact) mass is 1090 g/mol. The fraction of sp³-hybridized carbons (Fsp3) is 0.731. The molecule has 0 aromatic rings. The lowest BCUT2D eigenvalue weighted by Gasteiger charge is -2.41. The summed E-state index contributed by atoms with van der Waals surface area (Å²) < 4.78 is 17.6. The van der Waals surface area contributed by atoms with Gasteiger partial charge in [0.1, 0.15) is 24.4 Å². The molecule has 1 aliphatic rings. The van der Waals surface area contributed by atoms with Gasteiger partial charge in [-0.3, -0.25) is 9.59 Å². The van der Waals surface area contributed by atoms with Crippen LogP contribution in [-0.4, -0.2) is 99.6 Å². The number of unbranched alkanes of at least 4 members (excludes halogenated alkanes) is 27. The van der Waals surface area contributed by atoms with E-state index in [1.54, 1.807) is 6.08 Å². The van der Waals surface area contributed by atoms with Crippen molar-refractivity contribution >= 4 is 11.9 Å². The highest BCUT2D eigenvalue weighted by molar-refractivity contribution is 5.80. The van der Waals surface area contributed by atoms with Crippen molar-refractivity contribution in [3.8, 4) is 0 Å². The van der Waals surface area contributed by atoms with Crippen molar-refractivity contribution in [3.05, 3.63) is 97.2 Å². The lowest BCUT2D eigenvalue weighted by atomic mass is 9.99. The predicted octanol–water partition coefficient (Wildman–Crippen LogP) is 15.1. The maximum atomic E-state index is 13.4. The van der Waals surface area contributed by atoms with E-state index in [4.69, 9.17) is 14.2 Å². The van der Waals surface area contributed by atoms with Gasteiger partial charge in [-0.25, -0.2) is 0 Å². The van der Waals surface area contributed by atoms with Crippen LogP contribution in [0.3, 0.4) is 0 Å². The molecular weight excluding hydrogens is 979 g/mol. The Morgan fingerprint density at radius 1 is 0.526 bits per heavy atom. The molecule has 11 heteroatoms. The van der Waals surface area contributed by atoms with Gasteiger partial charge in [0.2, 0.25) is 5.91 Å². The highest BCUT2D eigenvalue weighted by Crippen LogP contribution is 2.26. The molecule has 8 unspecified atom stereocenters. The van der Waals surface area contributed by atoms with E-state index in [1.165, 1.54) is 109 Å². The van der Waals surface area contributed by atoms with Gasteiger partial charge in [-0.2, -0.15) is 0 Å². The topological polar surface area (TPSA) is 175 Å². The number of carbonyl (C=O) groups is 2. The third kappa shape index (κ3) is 41.6. The van der Waals surface area contributed by atoms with Crippen LogP contribution in [0, 0.1) is 0 Å². The van der Waals surface area contributed by atoms with Crippen LogP contribution in [0.15, 0.2) is 97.2 Å². The standard InChI is InChI=1S/C67H115NO10/c1-4-7-10-13-16-19-22-25-27-28-29-30-31-32-33-35-36-39-42-45-48-51-54-60(71)66(75)68-58(59(70)53-50-47-44-41-38-24-21-18-15-12-9-6-3)57-76-67-65(64(74)63(73)61(56-69)77-67)78-62(72)55-52-49-46-43-40-37-34-26-23-20-17-14-11-8-5-2/h8,11,14,16-17,19-20,23,25-27,29-30,34,50,53,58-61,63-65,67,69-71,73-74H,4-7,9-10,12-13,15,18,21-22,24,28,31-33,35-49,51-52,54-57H2,1-3H3,(H,68,75)/b11-8+,17-14+,19-16-,23-20+,27-25-,30-29-,34-26-,53-50+. The molecular formula is C67H115NO10. The van der Waals surface area contributed by atoms with E-state index in [0.717, 1.165) is 96.3 Å². The summed E-state index contributed by atoms with van der Waals surface area (Å²) in [5, 5.41) is 57.0. The highest BCUT2D eigenvalue weighted by atomic mass is 16.7. The second-order valence-electron chi connectivity index (χ2n) is 21.5. The second kappa shape index (κ2) is 54.2. The minimum Gasteiger partial charge on any atom is -0.454 e. The van der Waals surface area contributed by atoms with Gasteiger partial charge in [-0.05, 0) is 83.5 Å². The van der Waals surface area contributed by atoms with Crippen LogP contribution in [0.25, 0.3) is 0 Å². The Bertz CT molecular complexity index is 1630. The van der Waals surface area contributed by atoms with Gasteiger partial charge in [-0.15, -0.1) is 0 Å². The quantitative estimate of drug-likeness (QED) is 0.0149. The van der Waals surface area contributed by atoms with Crippen LogP contribution in [0.4, 0.5) is 0 Å². The number of amides is 1. The van der Waals surface area contributed by atoms with E-state index in [1.807, 2.05) is 42.5 Å². The zero-order valence-corrected chi connectivity index (χ0v) is 49.5. The zero-order chi connectivity index (χ0) is 56.8. The Morgan fingerprint density at radius 2 is 0.974 bits per heavy atom. The number of carbonyl (C=O) groups excluding carboxylic acids is 2. The Hall–Kier alpha value is -3.42. The smallest absolute Gasteiger partial charge is 0.306 e. The van der Waals surface area contributed by atoms with Crippen molar-refractivity contribution in [2.24, 2.45) is 0 Å². The van der Waals surface area contributed by atoms with Crippen LogP contribution in [0.1, 0.15) is 252 Å². The molecule has 0 bridgehead atoms. The molecule has 0 aromatic heterocycles. The number of aliphatic hydroxyl groups excluding tert-OH is 5. The summed E-state index contributed by atoms with van der Waals surface area (Å²) in [6.45, 7) is 5.60. The van der Waals surface area contributed by atoms with Gasteiger partial charge in [0.25, 0.3) is 0 Å². The fourth-order valence-corrected chi connectivity index (χ4v) is 9.32. The summed E-state index contributed by atoms with van der Waals surface area (Å²) in [6, 6.07) is -1.04. The minimum absolute atomic E-state index is 0.0927. The molecule has 1 rings (SSSR count). The normalized spacial score (nSPS) is 19.6. The summed E-state index contributed by atoms with van der Waals surface area (Å²) in [7, 11) is 0. The predicted molar refractivity (Wildman–Crippen MR) is 324 cm³/mol. The molecule has 0 saturated carbocycles. The van der Waals surface area contributed by atoms with Crippen LogP contribution < -0.4 is 5.32 Å². The Balaban J connectivity index is 2.67. The molecule has 0 aromatic carbocycles. The van der Waals surface area contributed by atoms with Gasteiger partial charge in [0, 0.05) is 6.42 Å². The Morgan fingerprint density at radius 3 is 1.53 bits per heavy atom. The Labute approximate surface area is 475 Å². The first-order valence-electron chi connectivity index (χ1n) is 31.6. The van der Waals surface area contributed by atoms with Gasteiger partial charge in [-0.1, -0.05) is 259 Å². The molecule has 0 aliphatic carbocycles. The number of hydrogen-bond acceptors (Lipinski definition) is 10. The third-order valence-electron chi connectivity index (χ3n) is 14.3. The van der Waals surface area contributed by atoms with Crippen LogP contribution >= 0.6 is 0 Å². The van der Waals surface area contributed by atoms with Crippen molar-refractivity contribution in [2.45, 2.75) is 301 Å². The molecule has 1 aliphatic heterocycles. The number of aliphatic hydroxyl groups is 5. The molecule has 1 saturated heterocycles. The molecule has 6 N–H and O–H groups in total. The van der Waals surface area contributed by atoms with Crippen LogP contribution in [0.2, 0.25) is 0 Å². The van der Waals surface area contributed by atoms with Gasteiger partial charge in [0.15, 0.2) is 12.4 Å². The third-order valence-corrected chi connectivity index (χ3v) is 14.3. The van der Waals surface area contributed by atoms with E-state index in [0.29, 0.717) is 12.8 Å². The molecule has 0 radical (unpaired) electrons. The summed E-state index contributed by atoms with van der Waals surface area (Å²) in [5.74, 6) is -1.23. The first-order valence-corrected chi connectivity index (χ1v) is 31.6.